The van der Waals surface area contributed by atoms with E-state index in [-0.39, 0.29) is 12.5 Å². The van der Waals surface area contributed by atoms with Gasteiger partial charge < -0.3 is 18.6 Å². The van der Waals surface area contributed by atoms with Crippen LogP contribution in [0.25, 0.3) is 17.5 Å². The van der Waals surface area contributed by atoms with E-state index in [4.69, 9.17) is 18.6 Å². The smallest absolute Gasteiger partial charge is 0.331 e. The first-order valence-corrected chi connectivity index (χ1v) is 8.14. The van der Waals surface area contributed by atoms with Crippen molar-refractivity contribution in [1.82, 2.24) is 10.2 Å². The fraction of sp³-hybridized carbons (Fsp3) is 0.150. The van der Waals surface area contributed by atoms with Crippen LogP contribution in [0.2, 0.25) is 0 Å². The summed E-state index contributed by atoms with van der Waals surface area (Å²) in [5.41, 5.74) is 1.52. The predicted molar refractivity (Wildman–Crippen MR) is 98.1 cm³/mol. The van der Waals surface area contributed by atoms with E-state index in [1.165, 1.54) is 6.08 Å². The molecular formula is C20H18N2O5. The molecule has 3 rings (SSSR count). The van der Waals surface area contributed by atoms with Gasteiger partial charge in [0, 0.05) is 23.3 Å². The SMILES string of the molecule is COc1ccc(C=CC(=O)OCc2nnc(-c3ccccc3)o2)c(OC)c1. The molecule has 0 saturated carbocycles. The minimum atomic E-state index is -0.535. The summed E-state index contributed by atoms with van der Waals surface area (Å²) in [6, 6.07) is 14.6. The van der Waals surface area contributed by atoms with E-state index in [1.54, 1.807) is 38.5 Å². The van der Waals surface area contributed by atoms with Crippen molar-refractivity contribution in [2.45, 2.75) is 6.61 Å². The highest BCUT2D eigenvalue weighted by atomic mass is 16.5. The molecule has 1 heterocycles. The van der Waals surface area contributed by atoms with Crippen molar-refractivity contribution in [3.63, 3.8) is 0 Å². The third-order valence-corrected chi connectivity index (χ3v) is 3.67. The van der Waals surface area contributed by atoms with Crippen LogP contribution in [-0.2, 0) is 16.1 Å². The second-order valence-electron chi connectivity index (χ2n) is 5.42. The summed E-state index contributed by atoms with van der Waals surface area (Å²) in [6.45, 7) is -0.108. The van der Waals surface area contributed by atoms with Crippen LogP contribution < -0.4 is 9.47 Å². The summed E-state index contributed by atoms with van der Waals surface area (Å²) < 4.78 is 21.0. The second-order valence-corrected chi connectivity index (χ2v) is 5.42. The van der Waals surface area contributed by atoms with Gasteiger partial charge in [0.25, 0.3) is 5.89 Å². The first-order chi connectivity index (χ1) is 13.2. The molecule has 27 heavy (non-hydrogen) atoms. The van der Waals surface area contributed by atoms with Crippen molar-refractivity contribution in [2.75, 3.05) is 14.2 Å². The minimum absolute atomic E-state index is 0.108. The maximum Gasteiger partial charge on any atom is 0.331 e. The second kappa shape index (κ2) is 8.66. The van der Waals surface area contributed by atoms with Gasteiger partial charge in [-0.05, 0) is 30.3 Å². The topological polar surface area (TPSA) is 83.7 Å². The average molecular weight is 366 g/mol. The largest absolute Gasteiger partial charge is 0.497 e. The molecule has 0 amide bonds. The number of ether oxygens (including phenoxy) is 3. The van der Waals surface area contributed by atoms with Crippen LogP contribution in [0.15, 0.2) is 59.0 Å². The molecule has 7 nitrogen and oxygen atoms in total. The lowest BCUT2D eigenvalue weighted by atomic mass is 10.2. The summed E-state index contributed by atoms with van der Waals surface area (Å²) in [5.74, 6) is 1.31. The van der Waals surface area contributed by atoms with Gasteiger partial charge in [0.1, 0.15) is 11.5 Å². The summed E-state index contributed by atoms with van der Waals surface area (Å²) in [5, 5.41) is 7.82. The van der Waals surface area contributed by atoms with Crippen LogP contribution in [0.1, 0.15) is 11.5 Å². The number of carbonyl (C=O) groups excluding carboxylic acids is 1. The lowest BCUT2D eigenvalue weighted by molar-refractivity contribution is -0.139. The standard InChI is InChI=1S/C20H18N2O5/c1-24-16-10-8-14(17(12-16)25-2)9-11-19(23)26-13-18-21-22-20(27-18)15-6-4-3-5-7-15/h3-12H,13H2,1-2H3. The predicted octanol–water partition coefficient (Wildman–Crippen LogP) is 3.51. The van der Waals surface area contributed by atoms with E-state index >= 15 is 0 Å². The van der Waals surface area contributed by atoms with Gasteiger partial charge in [0.05, 0.1) is 14.2 Å². The third-order valence-electron chi connectivity index (χ3n) is 3.67. The van der Waals surface area contributed by atoms with E-state index in [0.717, 1.165) is 11.1 Å². The molecule has 0 unspecified atom stereocenters. The van der Waals surface area contributed by atoms with Crippen molar-refractivity contribution >= 4 is 12.0 Å². The van der Waals surface area contributed by atoms with Crippen molar-refractivity contribution in [3.8, 4) is 23.0 Å². The number of rotatable bonds is 7. The molecule has 3 aromatic rings. The van der Waals surface area contributed by atoms with Crippen LogP contribution in [0.5, 0.6) is 11.5 Å². The first kappa shape index (κ1) is 18.2. The quantitative estimate of drug-likeness (QED) is 0.467. The number of benzene rings is 2. The lowest BCUT2D eigenvalue weighted by Gasteiger charge is -2.07. The molecule has 0 spiro atoms. The maximum atomic E-state index is 11.9. The Morgan fingerprint density at radius 2 is 1.89 bits per heavy atom. The molecule has 138 valence electrons. The highest BCUT2D eigenvalue weighted by molar-refractivity contribution is 5.87. The molecule has 0 aliphatic rings. The Morgan fingerprint density at radius 3 is 2.63 bits per heavy atom. The normalized spacial score (nSPS) is 10.7. The molecule has 0 aliphatic heterocycles. The summed E-state index contributed by atoms with van der Waals surface area (Å²) in [6.07, 6.45) is 2.91. The molecule has 0 aliphatic carbocycles. The fourth-order valence-electron chi connectivity index (χ4n) is 2.30. The Bertz CT molecular complexity index is 935. The van der Waals surface area contributed by atoms with E-state index in [9.17, 15) is 4.79 Å². The van der Waals surface area contributed by atoms with Crippen LogP contribution in [0.3, 0.4) is 0 Å². The lowest BCUT2D eigenvalue weighted by Crippen LogP contribution is -2.01. The van der Waals surface area contributed by atoms with Gasteiger partial charge in [-0.1, -0.05) is 18.2 Å². The van der Waals surface area contributed by atoms with Crippen LogP contribution in [0, 0.1) is 0 Å². The molecule has 0 radical (unpaired) electrons. The maximum absolute atomic E-state index is 11.9. The molecule has 7 heteroatoms. The Labute approximate surface area is 156 Å². The first-order valence-electron chi connectivity index (χ1n) is 8.14. The highest BCUT2D eigenvalue weighted by Crippen LogP contribution is 2.25. The summed E-state index contributed by atoms with van der Waals surface area (Å²) in [7, 11) is 3.12. The number of hydrogen-bond acceptors (Lipinski definition) is 7. The summed E-state index contributed by atoms with van der Waals surface area (Å²) >= 11 is 0. The van der Waals surface area contributed by atoms with Crippen molar-refractivity contribution in [1.29, 1.82) is 0 Å². The Hall–Kier alpha value is -3.61. The number of methoxy groups -OCH3 is 2. The molecule has 1 aromatic heterocycles. The molecule has 0 N–H and O–H groups in total. The van der Waals surface area contributed by atoms with Crippen molar-refractivity contribution in [2.24, 2.45) is 0 Å². The Balaban J connectivity index is 1.59. The van der Waals surface area contributed by atoms with Gasteiger partial charge in [-0.15, -0.1) is 10.2 Å². The monoisotopic (exact) mass is 366 g/mol. The molecular weight excluding hydrogens is 348 g/mol. The third kappa shape index (κ3) is 4.72. The van der Waals surface area contributed by atoms with E-state index < -0.39 is 5.97 Å². The average Bonchev–Trinajstić information content (AvgIpc) is 3.20. The highest BCUT2D eigenvalue weighted by Gasteiger charge is 2.10. The van der Waals surface area contributed by atoms with Crippen LogP contribution in [0.4, 0.5) is 0 Å². The number of aromatic nitrogens is 2. The van der Waals surface area contributed by atoms with Crippen LogP contribution >= 0.6 is 0 Å². The van der Waals surface area contributed by atoms with Gasteiger partial charge in [0.2, 0.25) is 5.89 Å². The Morgan fingerprint density at radius 1 is 1.07 bits per heavy atom. The zero-order chi connectivity index (χ0) is 19.1. The van der Waals surface area contributed by atoms with Crippen molar-refractivity contribution in [3.05, 3.63) is 66.1 Å². The fourth-order valence-corrected chi connectivity index (χ4v) is 2.30. The van der Waals surface area contributed by atoms with Gasteiger partial charge in [-0.3, -0.25) is 0 Å². The van der Waals surface area contributed by atoms with E-state index in [2.05, 4.69) is 10.2 Å². The van der Waals surface area contributed by atoms with E-state index in [0.29, 0.717) is 17.4 Å². The molecule has 0 atom stereocenters. The Kier molecular flexibility index (Phi) is 5.84. The van der Waals surface area contributed by atoms with Crippen molar-refractivity contribution < 1.29 is 23.4 Å². The summed E-state index contributed by atoms with van der Waals surface area (Å²) in [4.78, 5) is 11.9. The number of hydrogen-bond donors (Lipinski definition) is 0. The number of esters is 1. The minimum Gasteiger partial charge on any atom is -0.497 e. The van der Waals surface area contributed by atoms with Crippen LogP contribution in [-0.4, -0.2) is 30.4 Å². The number of nitrogens with zero attached hydrogens (tertiary/aromatic N) is 2. The van der Waals surface area contributed by atoms with Gasteiger partial charge in [-0.25, -0.2) is 4.79 Å². The molecule has 0 fully saturated rings. The molecule has 0 bridgehead atoms. The van der Waals surface area contributed by atoms with Gasteiger partial charge in [0.15, 0.2) is 6.61 Å². The van der Waals surface area contributed by atoms with E-state index in [1.807, 2.05) is 30.3 Å². The molecule has 0 saturated heterocycles. The molecule has 2 aromatic carbocycles. The zero-order valence-corrected chi connectivity index (χ0v) is 14.9. The number of carbonyl (C=O) groups is 1. The zero-order valence-electron chi connectivity index (χ0n) is 14.9. The van der Waals surface area contributed by atoms with Gasteiger partial charge >= 0.3 is 5.97 Å². The van der Waals surface area contributed by atoms with Gasteiger partial charge in [-0.2, -0.15) is 0 Å².